The quantitative estimate of drug-likeness (QED) is 0.765. The maximum atomic E-state index is 12.7. The third-order valence-corrected chi connectivity index (χ3v) is 7.54. The first-order valence-corrected chi connectivity index (χ1v) is 10.5. The van der Waals surface area contributed by atoms with E-state index < -0.39 is 15.2 Å². The Bertz CT molecular complexity index is 651. The highest BCUT2D eigenvalue weighted by molar-refractivity contribution is 9.10. The number of sulfone groups is 1. The van der Waals surface area contributed by atoms with E-state index in [0.717, 1.165) is 5.75 Å². The number of halogens is 2. The van der Waals surface area contributed by atoms with Gasteiger partial charge in [0.1, 0.15) is 5.37 Å². The molecule has 1 aliphatic heterocycles. The first-order valence-electron chi connectivity index (χ1n) is 6.42. The van der Waals surface area contributed by atoms with Gasteiger partial charge in [0.25, 0.3) is 5.91 Å². The summed E-state index contributed by atoms with van der Waals surface area (Å²) in [5.74, 6) is 0.880. The Balaban J connectivity index is 2.37. The summed E-state index contributed by atoms with van der Waals surface area (Å²) in [6.45, 7) is 2.03. The molecule has 1 atom stereocenters. The second-order valence-electron chi connectivity index (χ2n) is 4.60. The molecule has 1 aromatic carbocycles. The van der Waals surface area contributed by atoms with Crippen LogP contribution < -0.4 is 0 Å². The van der Waals surface area contributed by atoms with Gasteiger partial charge in [-0.2, -0.15) is 11.8 Å². The third kappa shape index (κ3) is 3.75. The van der Waals surface area contributed by atoms with Crippen LogP contribution in [0.2, 0.25) is 5.02 Å². The molecule has 1 saturated heterocycles. The van der Waals surface area contributed by atoms with Crippen molar-refractivity contribution in [3.63, 3.8) is 0 Å². The molecule has 0 spiro atoms. The van der Waals surface area contributed by atoms with E-state index in [4.69, 9.17) is 11.6 Å². The van der Waals surface area contributed by atoms with Crippen molar-refractivity contribution in [2.45, 2.75) is 12.3 Å². The predicted molar refractivity (Wildman–Crippen MR) is 90.8 cm³/mol. The van der Waals surface area contributed by atoms with Crippen LogP contribution in [0.25, 0.3) is 0 Å². The molecule has 1 heterocycles. The molecule has 0 N–H and O–H groups in total. The molecular weight excluding hydrogens is 398 g/mol. The molecule has 0 aromatic heterocycles. The molecule has 0 saturated carbocycles. The second kappa shape index (κ2) is 6.89. The number of amides is 1. The summed E-state index contributed by atoms with van der Waals surface area (Å²) in [6.07, 6.45) is 0. The highest BCUT2D eigenvalue weighted by atomic mass is 79.9. The van der Waals surface area contributed by atoms with Crippen molar-refractivity contribution in [3.8, 4) is 0 Å². The van der Waals surface area contributed by atoms with Gasteiger partial charge in [-0.15, -0.1) is 0 Å². The van der Waals surface area contributed by atoms with Crippen molar-refractivity contribution in [1.29, 1.82) is 0 Å². The van der Waals surface area contributed by atoms with Crippen molar-refractivity contribution in [3.05, 3.63) is 33.3 Å². The molecule has 2 rings (SSSR count). The molecule has 116 valence electrons. The molecule has 1 fully saturated rings. The number of benzene rings is 1. The predicted octanol–water partition coefficient (Wildman–Crippen LogP) is 3.05. The maximum absolute atomic E-state index is 12.7. The number of thioether (sulfide) groups is 1. The van der Waals surface area contributed by atoms with Crippen LogP contribution in [0, 0.1) is 0 Å². The smallest absolute Gasteiger partial charge is 0.256 e. The average Bonchev–Trinajstić information content (AvgIpc) is 2.49. The van der Waals surface area contributed by atoms with Gasteiger partial charge >= 0.3 is 0 Å². The van der Waals surface area contributed by atoms with Gasteiger partial charge in [0.15, 0.2) is 9.84 Å². The maximum Gasteiger partial charge on any atom is 0.256 e. The average molecular weight is 413 g/mol. The van der Waals surface area contributed by atoms with E-state index in [1.54, 1.807) is 36.9 Å². The van der Waals surface area contributed by atoms with Crippen LogP contribution in [-0.2, 0) is 9.84 Å². The number of carbonyl (C=O) groups excluding carboxylic acids is 1. The molecule has 0 radical (unpaired) electrons. The lowest BCUT2D eigenvalue weighted by Crippen LogP contribution is -2.50. The van der Waals surface area contributed by atoms with Crippen LogP contribution in [0.4, 0.5) is 0 Å². The fraction of sp³-hybridized carbons (Fsp3) is 0.462. The summed E-state index contributed by atoms with van der Waals surface area (Å²) in [5.41, 5.74) is 0.394. The van der Waals surface area contributed by atoms with E-state index in [0.29, 0.717) is 27.4 Å². The van der Waals surface area contributed by atoms with E-state index in [-0.39, 0.29) is 11.7 Å². The van der Waals surface area contributed by atoms with E-state index >= 15 is 0 Å². The van der Waals surface area contributed by atoms with Crippen molar-refractivity contribution >= 4 is 55.0 Å². The Morgan fingerprint density at radius 3 is 2.90 bits per heavy atom. The largest absolute Gasteiger partial charge is 0.320 e. The first-order chi connectivity index (χ1) is 9.86. The van der Waals surface area contributed by atoms with Gasteiger partial charge in [-0.3, -0.25) is 4.79 Å². The molecule has 4 nitrogen and oxygen atoms in total. The highest BCUT2D eigenvalue weighted by Gasteiger charge is 2.36. The van der Waals surface area contributed by atoms with Crippen LogP contribution in [0.1, 0.15) is 17.3 Å². The summed E-state index contributed by atoms with van der Waals surface area (Å²) in [4.78, 5) is 14.2. The zero-order valence-electron chi connectivity index (χ0n) is 11.4. The van der Waals surface area contributed by atoms with Gasteiger partial charge < -0.3 is 4.90 Å². The van der Waals surface area contributed by atoms with Crippen molar-refractivity contribution < 1.29 is 13.2 Å². The molecule has 0 bridgehead atoms. The standard InChI is InChI=1S/C13H15BrClNO3S2/c1-2-21(18,19)12-8-20-6-5-16(12)13(17)10-7-9(15)3-4-11(10)14/h3-4,7,12H,2,5-6,8H2,1H3. The monoisotopic (exact) mass is 411 g/mol. The topological polar surface area (TPSA) is 54.5 Å². The molecule has 1 aliphatic rings. The number of hydrogen-bond donors (Lipinski definition) is 0. The van der Waals surface area contributed by atoms with Gasteiger partial charge in [-0.1, -0.05) is 18.5 Å². The van der Waals surface area contributed by atoms with Crippen LogP contribution in [-0.4, -0.2) is 48.4 Å². The number of nitrogens with zero attached hydrogens (tertiary/aromatic N) is 1. The Kier molecular flexibility index (Phi) is 5.62. The summed E-state index contributed by atoms with van der Waals surface area (Å²) in [6, 6.07) is 4.93. The Morgan fingerprint density at radius 2 is 2.24 bits per heavy atom. The molecule has 0 aliphatic carbocycles. The van der Waals surface area contributed by atoms with Crippen molar-refractivity contribution in [2.75, 3.05) is 23.8 Å². The summed E-state index contributed by atoms with van der Waals surface area (Å²) in [7, 11) is -3.31. The van der Waals surface area contributed by atoms with Gasteiger partial charge in [0.05, 0.1) is 5.56 Å². The molecule has 1 unspecified atom stereocenters. The fourth-order valence-electron chi connectivity index (χ4n) is 2.12. The Hall–Kier alpha value is -0.240. The lowest BCUT2D eigenvalue weighted by Gasteiger charge is -2.35. The van der Waals surface area contributed by atoms with Gasteiger partial charge in [-0.25, -0.2) is 8.42 Å². The fourth-order valence-corrected chi connectivity index (χ4v) is 5.67. The zero-order chi connectivity index (χ0) is 15.6. The minimum Gasteiger partial charge on any atom is -0.320 e. The van der Waals surface area contributed by atoms with E-state index in [2.05, 4.69) is 15.9 Å². The summed E-state index contributed by atoms with van der Waals surface area (Å²) >= 11 is 10.8. The lowest BCUT2D eigenvalue weighted by molar-refractivity contribution is 0.0748. The zero-order valence-corrected chi connectivity index (χ0v) is 15.4. The Morgan fingerprint density at radius 1 is 1.52 bits per heavy atom. The normalized spacial score (nSPS) is 19.6. The van der Waals surface area contributed by atoms with Crippen LogP contribution in [0.3, 0.4) is 0 Å². The van der Waals surface area contributed by atoms with E-state index in [1.165, 1.54) is 4.90 Å². The van der Waals surface area contributed by atoms with Crippen molar-refractivity contribution in [2.24, 2.45) is 0 Å². The molecule has 8 heteroatoms. The molecule has 1 amide bonds. The third-order valence-electron chi connectivity index (χ3n) is 3.32. The number of carbonyl (C=O) groups is 1. The van der Waals surface area contributed by atoms with Crippen LogP contribution in [0.15, 0.2) is 22.7 Å². The molecule has 21 heavy (non-hydrogen) atoms. The minimum absolute atomic E-state index is 0.0265. The summed E-state index contributed by atoms with van der Waals surface area (Å²) in [5, 5.41) is -0.317. The van der Waals surface area contributed by atoms with Gasteiger partial charge in [0, 0.05) is 33.3 Å². The highest BCUT2D eigenvalue weighted by Crippen LogP contribution is 2.27. The second-order valence-corrected chi connectivity index (χ2v) is 9.49. The SMILES string of the molecule is CCS(=O)(=O)C1CSCCN1C(=O)c1cc(Cl)ccc1Br. The first kappa shape index (κ1) is 17.1. The van der Waals surface area contributed by atoms with Crippen molar-refractivity contribution in [1.82, 2.24) is 4.90 Å². The molecule has 1 aromatic rings. The number of hydrogen-bond acceptors (Lipinski definition) is 4. The number of rotatable bonds is 3. The Labute approximate surface area is 142 Å². The summed E-state index contributed by atoms with van der Waals surface area (Å²) < 4.78 is 25.0. The van der Waals surface area contributed by atoms with Crippen LogP contribution >= 0.6 is 39.3 Å². The lowest BCUT2D eigenvalue weighted by atomic mass is 10.2. The van der Waals surface area contributed by atoms with Crippen LogP contribution in [0.5, 0.6) is 0 Å². The minimum atomic E-state index is -3.31. The molecular formula is C13H15BrClNO3S2. The van der Waals surface area contributed by atoms with Gasteiger partial charge in [0.2, 0.25) is 0 Å². The van der Waals surface area contributed by atoms with Gasteiger partial charge in [-0.05, 0) is 34.1 Å². The van der Waals surface area contributed by atoms with E-state index in [9.17, 15) is 13.2 Å². The van der Waals surface area contributed by atoms with E-state index in [1.807, 2.05) is 0 Å².